The van der Waals surface area contributed by atoms with E-state index in [1.54, 1.807) is 32.0 Å². The molecule has 8 heteroatoms. The Kier molecular flexibility index (Phi) is 5.61. The lowest BCUT2D eigenvalue weighted by atomic mass is 10.1. The fourth-order valence-electron chi connectivity index (χ4n) is 2.28. The first-order chi connectivity index (χ1) is 11.3. The fourth-order valence-corrected chi connectivity index (χ4v) is 2.84. The Morgan fingerprint density at radius 1 is 1.42 bits per heavy atom. The van der Waals surface area contributed by atoms with E-state index in [-0.39, 0.29) is 6.42 Å². The van der Waals surface area contributed by atoms with Crippen molar-refractivity contribution in [2.75, 3.05) is 7.11 Å². The summed E-state index contributed by atoms with van der Waals surface area (Å²) in [4.78, 5) is 23.8. The number of hydrogen-bond acceptors (Lipinski definition) is 5. The molecule has 0 aliphatic heterocycles. The SMILES string of the molecule is COc1ccc(C(NC(=O)Cc2c(C)noc2C)C(=O)O)cc1Br. The van der Waals surface area contributed by atoms with Crippen LogP contribution in [0.15, 0.2) is 27.2 Å². The van der Waals surface area contributed by atoms with Crippen LogP contribution in [-0.4, -0.2) is 29.2 Å². The van der Waals surface area contributed by atoms with Gasteiger partial charge in [-0.05, 0) is 47.5 Å². The second-order valence-electron chi connectivity index (χ2n) is 5.21. The summed E-state index contributed by atoms with van der Waals surface area (Å²) in [5.74, 6) is -0.463. The van der Waals surface area contributed by atoms with Crippen molar-refractivity contribution in [1.29, 1.82) is 0 Å². The average Bonchev–Trinajstić information content (AvgIpc) is 2.84. The quantitative estimate of drug-likeness (QED) is 0.777. The molecule has 1 atom stereocenters. The molecule has 24 heavy (non-hydrogen) atoms. The summed E-state index contributed by atoms with van der Waals surface area (Å²) in [6, 6.07) is 3.67. The number of carbonyl (C=O) groups is 2. The van der Waals surface area contributed by atoms with E-state index in [2.05, 4.69) is 26.4 Å². The molecule has 2 rings (SSSR count). The van der Waals surface area contributed by atoms with Crippen molar-refractivity contribution in [2.45, 2.75) is 26.3 Å². The largest absolute Gasteiger partial charge is 0.496 e. The van der Waals surface area contributed by atoms with Crippen LogP contribution in [0, 0.1) is 13.8 Å². The molecule has 1 aromatic heterocycles. The molecule has 0 aliphatic rings. The molecule has 2 aromatic rings. The second-order valence-corrected chi connectivity index (χ2v) is 6.07. The minimum absolute atomic E-state index is 0.00225. The van der Waals surface area contributed by atoms with Crippen molar-refractivity contribution in [3.8, 4) is 5.75 Å². The Balaban J connectivity index is 2.18. The van der Waals surface area contributed by atoms with E-state index in [9.17, 15) is 14.7 Å². The molecule has 0 radical (unpaired) electrons. The third-order valence-electron chi connectivity index (χ3n) is 3.58. The third-order valence-corrected chi connectivity index (χ3v) is 4.20. The fraction of sp³-hybridized carbons (Fsp3) is 0.312. The van der Waals surface area contributed by atoms with Crippen molar-refractivity contribution in [3.05, 3.63) is 45.3 Å². The van der Waals surface area contributed by atoms with Crippen LogP contribution in [0.1, 0.15) is 28.6 Å². The van der Waals surface area contributed by atoms with E-state index in [0.29, 0.717) is 32.8 Å². The highest BCUT2D eigenvalue weighted by atomic mass is 79.9. The number of rotatable bonds is 6. The summed E-state index contributed by atoms with van der Waals surface area (Å²) >= 11 is 3.31. The zero-order valence-electron chi connectivity index (χ0n) is 13.4. The van der Waals surface area contributed by atoms with Gasteiger partial charge in [0.25, 0.3) is 0 Å². The van der Waals surface area contributed by atoms with E-state index in [0.717, 1.165) is 0 Å². The summed E-state index contributed by atoms with van der Waals surface area (Å²) < 4.78 is 10.7. The van der Waals surface area contributed by atoms with Crippen LogP contribution in [0.3, 0.4) is 0 Å². The van der Waals surface area contributed by atoms with Crippen molar-refractivity contribution in [3.63, 3.8) is 0 Å². The summed E-state index contributed by atoms with van der Waals surface area (Å²) in [6.45, 7) is 3.44. The molecular formula is C16H17BrN2O5. The van der Waals surface area contributed by atoms with Gasteiger partial charge in [-0.15, -0.1) is 0 Å². The number of nitrogens with zero attached hydrogens (tertiary/aromatic N) is 1. The second kappa shape index (κ2) is 7.48. The summed E-state index contributed by atoms with van der Waals surface area (Å²) in [5, 5.41) is 15.7. The van der Waals surface area contributed by atoms with Crippen molar-refractivity contribution < 1.29 is 24.0 Å². The molecule has 1 amide bonds. The molecule has 2 N–H and O–H groups in total. The maximum absolute atomic E-state index is 12.2. The molecular weight excluding hydrogens is 380 g/mol. The molecule has 1 aromatic carbocycles. The molecule has 0 bridgehead atoms. The lowest BCUT2D eigenvalue weighted by Gasteiger charge is -2.16. The molecule has 128 valence electrons. The molecule has 1 unspecified atom stereocenters. The predicted molar refractivity (Wildman–Crippen MR) is 88.9 cm³/mol. The average molecular weight is 397 g/mol. The smallest absolute Gasteiger partial charge is 0.330 e. The van der Waals surface area contributed by atoms with Gasteiger partial charge in [-0.3, -0.25) is 4.79 Å². The Bertz CT molecular complexity index is 752. The summed E-state index contributed by atoms with van der Waals surface area (Å²) in [6.07, 6.45) is 0.00225. The molecule has 0 fully saturated rings. The van der Waals surface area contributed by atoms with E-state index in [1.165, 1.54) is 7.11 Å². The van der Waals surface area contributed by atoms with E-state index in [1.807, 2.05) is 0 Å². The Hall–Kier alpha value is -2.35. The predicted octanol–water partition coefficient (Wildman–Crippen LogP) is 2.55. The van der Waals surface area contributed by atoms with Gasteiger partial charge in [0.1, 0.15) is 11.5 Å². The number of halogens is 1. The van der Waals surface area contributed by atoms with Gasteiger partial charge in [-0.1, -0.05) is 11.2 Å². The lowest BCUT2D eigenvalue weighted by molar-refractivity contribution is -0.142. The topological polar surface area (TPSA) is 102 Å². The summed E-state index contributed by atoms with van der Waals surface area (Å²) in [7, 11) is 1.51. The zero-order valence-corrected chi connectivity index (χ0v) is 15.0. The number of carbonyl (C=O) groups excluding carboxylic acids is 1. The first-order valence-corrected chi connectivity index (χ1v) is 7.90. The highest BCUT2D eigenvalue weighted by Crippen LogP contribution is 2.28. The van der Waals surface area contributed by atoms with Gasteiger partial charge in [-0.25, -0.2) is 4.79 Å². The highest BCUT2D eigenvalue weighted by Gasteiger charge is 2.24. The number of methoxy groups -OCH3 is 1. The number of nitrogens with one attached hydrogen (secondary N) is 1. The van der Waals surface area contributed by atoms with Crippen LogP contribution in [0.4, 0.5) is 0 Å². The Labute approximate surface area is 147 Å². The van der Waals surface area contributed by atoms with Crippen LogP contribution in [0.2, 0.25) is 0 Å². The van der Waals surface area contributed by atoms with Gasteiger partial charge in [0.05, 0.1) is 23.7 Å². The number of aromatic nitrogens is 1. The standard InChI is InChI=1S/C16H17BrN2O5/c1-8-11(9(2)24-19-8)7-14(20)18-15(16(21)22)10-4-5-13(23-3)12(17)6-10/h4-6,15H,7H2,1-3H3,(H,18,20)(H,21,22). The summed E-state index contributed by atoms with van der Waals surface area (Å²) in [5.41, 5.74) is 1.71. The highest BCUT2D eigenvalue weighted by molar-refractivity contribution is 9.10. The van der Waals surface area contributed by atoms with Gasteiger partial charge in [0.2, 0.25) is 5.91 Å². The van der Waals surface area contributed by atoms with Crippen LogP contribution >= 0.6 is 15.9 Å². The minimum atomic E-state index is -1.17. The van der Waals surface area contributed by atoms with Crippen LogP contribution in [0.25, 0.3) is 0 Å². The van der Waals surface area contributed by atoms with Crippen molar-refractivity contribution in [1.82, 2.24) is 10.5 Å². The zero-order chi connectivity index (χ0) is 17.9. The lowest BCUT2D eigenvalue weighted by Crippen LogP contribution is -2.34. The van der Waals surface area contributed by atoms with Gasteiger partial charge in [0.15, 0.2) is 6.04 Å². The van der Waals surface area contributed by atoms with Gasteiger partial charge < -0.3 is 19.7 Å². The Morgan fingerprint density at radius 3 is 2.62 bits per heavy atom. The van der Waals surface area contributed by atoms with E-state index < -0.39 is 17.9 Å². The number of aryl methyl sites for hydroxylation is 2. The minimum Gasteiger partial charge on any atom is -0.496 e. The molecule has 7 nitrogen and oxygen atoms in total. The number of benzene rings is 1. The van der Waals surface area contributed by atoms with Gasteiger partial charge >= 0.3 is 5.97 Å². The number of aliphatic carboxylic acids is 1. The molecule has 0 aliphatic carbocycles. The first-order valence-electron chi connectivity index (χ1n) is 7.10. The number of carboxylic acid groups (broad SMARTS) is 1. The Morgan fingerprint density at radius 2 is 2.12 bits per heavy atom. The van der Waals surface area contributed by atoms with E-state index in [4.69, 9.17) is 9.26 Å². The van der Waals surface area contributed by atoms with Crippen LogP contribution in [0.5, 0.6) is 5.75 Å². The van der Waals surface area contributed by atoms with Gasteiger partial charge in [0, 0.05) is 5.56 Å². The maximum atomic E-state index is 12.2. The van der Waals surface area contributed by atoms with E-state index >= 15 is 0 Å². The molecule has 0 spiro atoms. The number of ether oxygens (including phenoxy) is 1. The number of amides is 1. The molecule has 1 heterocycles. The normalized spacial score (nSPS) is 11.8. The molecule has 0 saturated heterocycles. The van der Waals surface area contributed by atoms with Gasteiger partial charge in [-0.2, -0.15) is 0 Å². The molecule has 0 saturated carbocycles. The van der Waals surface area contributed by atoms with Crippen LogP contribution in [-0.2, 0) is 16.0 Å². The number of hydrogen-bond donors (Lipinski definition) is 2. The first kappa shape index (κ1) is 18.0. The number of carboxylic acids is 1. The maximum Gasteiger partial charge on any atom is 0.330 e. The third kappa shape index (κ3) is 3.94. The van der Waals surface area contributed by atoms with Crippen LogP contribution < -0.4 is 10.1 Å². The van der Waals surface area contributed by atoms with Crippen molar-refractivity contribution >= 4 is 27.8 Å². The monoisotopic (exact) mass is 396 g/mol. The van der Waals surface area contributed by atoms with Crippen molar-refractivity contribution in [2.24, 2.45) is 0 Å².